The molecule has 1 saturated carbocycles. The van der Waals surface area contributed by atoms with Crippen molar-refractivity contribution in [3.63, 3.8) is 0 Å². The normalized spacial score (nSPS) is 15.8. The molecule has 112 valence electrons. The summed E-state index contributed by atoms with van der Waals surface area (Å²) < 4.78 is 5.34. The smallest absolute Gasteiger partial charge is 0.158 e. The maximum absolute atomic E-state index is 9.30. The van der Waals surface area contributed by atoms with Crippen LogP contribution in [0.2, 0.25) is 5.15 Å². The molecule has 1 aromatic rings. The van der Waals surface area contributed by atoms with Crippen molar-refractivity contribution >= 4 is 17.4 Å². The van der Waals surface area contributed by atoms with E-state index in [2.05, 4.69) is 14.9 Å². The molecule has 0 amide bonds. The van der Waals surface area contributed by atoms with Gasteiger partial charge in [-0.25, -0.2) is 9.97 Å². The minimum absolute atomic E-state index is 0.110. The van der Waals surface area contributed by atoms with Crippen molar-refractivity contribution in [2.45, 2.75) is 45.3 Å². The summed E-state index contributed by atoms with van der Waals surface area (Å²) in [6.07, 6.45) is 4.75. The molecule has 0 saturated heterocycles. The minimum Gasteiger partial charge on any atom is -0.395 e. The monoisotopic (exact) mass is 299 g/mol. The molecule has 0 aromatic carbocycles. The van der Waals surface area contributed by atoms with Crippen LogP contribution in [0.5, 0.6) is 0 Å². The largest absolute Gasteiger partial charge is 0.395 e. The first-order valence-electron chi connectivity index (χ1n) is 7.23. The van der Waals surface area contributed by atoms with Crippen molar-refractivity contribution in [3.05, 3.63) is 17.0 Å². The van der Waals surface area contributed by atoms with Gasteiger partial charge in [-0.15, -0.1) is 0 Å². The molecule has 5 nitrogen and oxygen atoms in total. The fourth-order valence-electron chi connectivity index (χ4n) is 2.66. The topological polar surface area (TPSA) is 58.5 Å². The molecule has 2 rings (SSSR count). The molecule has 0 atom stereocenters. The summed E-state index contributed by atoms with van der Waals surface area (Å²) in [5.74, 6) is 1.39. The molecule has 1 aromatic heterocycles. The molecule has 0 radical (unpaired) electrons. The molecule has 0 aliphatic heterocycles. The molecular weight excluding hydrogens is 278 g/mol. The fraction of sp³-hybridized carbons (Fsp3) is 0.714. The Bertz CT molecular complexity index is 425. The zero-order valence-electron chi connectivity index (χ0n) is 11.9. The van der Waals surface area contributed by atoms with Crippen LogP contribution in [-0.4, -0.2) is 40.9 Å². The van der Waals surface area contributed by atoms with E-state index in [-0.39, 0.29) is 6.61 Å². The highest BCUT2D eigenvalue weighted by Crippen LogP contribution is 2.28. The number of anilines is 1. The van der Waals surface area contributed by atoms with E-state index in [1.54, 1.807) is 6.07 Å². The van der Waals surface area contributed by atoms with Gasteiger partial charge in [0.15, 0.2) is 5.82 Å². The van der Waals surface area contributed by atoms with Crippen molar-refractivity contribution < 1.29 is 9.84 Å². The first-order valence-corrected chi connectivity index (χ1v) is 7.61. The van der Waals surface area contributed by atoms with Gasteiger partial charge in [-0.05, 0) is 19.8 Å². The average Bonchev–Trinajstić information content (AvgIpc) is 2.95. The summed E-state index contributed by atoms with van der Waals surface area (Å²) in [6.45, 7) is 3.60. The number of halogens is 1. The van der Waals surface area contributed by atoms with Crippen LogP contribution in [-0.2, 0) is 11.3 Å². The van der Waals surface area contributed by atoms with Crippen LogP contribution in [0.3, 0.4) is 0 Å². The van der Waals surface area contributed by atoms with E-state index in [1.807, 2.05) is 6.92 Å². The lowest BCUT2D eigenvalue weighted by atomic mass is 10.2. The Balaban J connectivity index is 2.19. The van der Waals surface area contributed by atoms with Crippen molar-refractivity contribution in [3.8, 4) is 0 Å². The fourth-order valence-corrected chi connectivity index (χ4v) is 2.86. The Morgan fingerprint density at radius 2 is 2.15 bits per heavy atom. The SMILES string of the molecule is CCOCc1nc(Cl)cc(N(CCO)C2CCCC2)n1. The van der Waals surface area contributed by atoms with Gasteiger partial charge in [0.2, 0.25) is 0 Å². The highest BCUT2D eigenvalue weighted by molar-refractivity contribution is 6.29. The number of ether oxygens (including phenoxy) is 1. The van der Waals surface area contributed by atoms with Gasteiger partial charge in [-0.1, -0.05) is 24.4 Å². The zero-order chi connectivity index (χ0) is 14.4. The lowest BCUT2D eigenvalue weighted by Crippen LogP contribution is -2.36. The number of rotatable bonds is 7. The van der Waals surface area contributed by atoms with Crippen molar-refractivity contribution in [2.24, 2.45) is 0 Å². The Kier molecular flexibility index (Phi) is 6.01. The van der Waals surface area contributed by atoms with E-state index in [9.17, 15) is 5.11 Å². The highest BCUT2D eigenvalue weighted by Gasteiger charge is 2.24. The Morgan fingerprint density at radius 1 is 1.40 bits per heavy atom. The van der Waals surface area contributed by atoms with Crippen LogP contribution in [0.1, 0.15) is 38.4 Å². The van der Waals surface area contributed by atoms with Gasteiger partial charge in [0.05, 0.1) is 6.61 Å². The van der Waals surface area contributed by atoms with Crippen LogP contribution in [0.4, 0.5) is 5.82 Å². The molecule has 1 heterocycles. The molecule has 1 aliphatic rings. The first kappa shape index (κ1) is 15.5. The van der Waals surface area contributed by atoms with Gasteiger partial charge >= 0.3 is 0 Å². The third kappa shape index (κ3) is 4.04. The minimum atomic E-state index is 0.110. The summed E-state index contributed by atoms with van der Waals surface area (Å²) in [4.78, 5) is 10.9. The first-order chi connectivity index (χ1) is 9.74. The van der Waals surface area contributed by atoms with Gasteiger partial charge in [-0.2, -0.15) is 0 Å². The quantitative estimate of drug-likeness (QED) is 0.784. The van der Waals surface area contributed by atoms with Crippen LogP contribution in [0.15, 0.2) is 6.07 Å². The van der Waals surface area contributed by atoms with Crippen molar-refractivity contribution in [2.75, 3.05) is 24.7 Å². The molecule has 0 unspecified atom stereocenters. The molecule has 1 aliphatic carbocycles. The number of aliphatic hydroxyl groups is 1. The summed E-state index contributed by atoms with van der Waals surface area (Å²) in [5, 5.41) is 9.72. The average molecular weight is 300 g/mol. The standard InChI is InChI=1S/C14H22ClN3O2/c1-2-20-10-13-16-12(15)9-14(17-13)18(7-8-19)11-5-3-4-6-11/h9,11,19H,2-8,10H2,1H3. The lowest BCUT2D eigenvalue weighted by Gasteiger charge is -2.29. The van der Waals surface area contributed by atoms with Gasteiger partial charge in [0, 0.05) is 25.3 Å². The molecule has 0 spiro atoms. The molecule has 20 heavy (non-hydrogen) atoms. The van der Waals surface area contributed by atoms with Gasteiger partial charge in [-0.3, -0.25) is 0 Å². The maximum atomic E-state index is 9.30. The van der Waals surface area contributed by atoms with Crippen LogP contribution < -0.4 is 4.90 Å². The van der Waals surface area contributed by atoms with Crippen LogP contribution in [0, 0.1) is 0 Å². The van der Waals surface area contributed by atoms with Crippen molar-refractivity contribution in [1.29, 1.82) is 0 Å². The second-order valence-electron chi connectivity index (χ2n) is 4.96. The molecule has 1 N–H and O–H groups in total. The summed E-state index contributed by atoms with van der Waals surface area (Å²) >= 11 is 6.08. The van der Waals surface area contributed by atoms with Crippen LogP contribution in [0.25, 0.3) is 0 Å². The Labute approximate surface area is 124 Å². The van der Waals surface area contributed by atoms with Gasteiger partial charge in [0.1, 0.15) is 17.6 Å². The number of aromatic nitrogens is 2. The summed E-state index contributed by atoms with van der Waals surface area (Å²) in [5.41, 5.74) is 0. The molecular formula is C14H22ClN3O2. The van der Waals surface area contributed by atoms with Crippen molar-refractivity contribution in [1.82, 2.24) is 9.97 Å². The van der Waals surface area contributed by atoms with Gasteiger partial charge in [0.25, 0.3) is 0 Å². The van der Waals surface area contributed by atoms with E-state index >= 15 is 0 Å². The number of aliphatic hydroxyl groups excluding tert-OH is 1. The lowest BCUT2D eigenvalue weighted by molar-refractivity contribution is 0.128. The second-order valence-corrected chi connectivity index (χ2v) is 5.34. The number of hydrogen-bond donors (Lipinski definition) is 1. The molecule has 6 heteroatoms. The zero-order valence-corrected chi connectivity index (χ0v) is 12.6. The van der Waals surface area contributed by atoms with E-state index in [0.29, 0.717) is 36.8 Å². The Hall–Kier alpha value is -0.910. The Morgan fingerprint density at radius 3 is 2.80 bits per heavy atom. The van der Waals surface area contributed by atoms with E-state index in [0.717, 1.165) is 18.7 Å². The summed E-state index contributed by atoms with van der Waals surface area (Å²) in [7, 11) is 0. The van der Waals surface area contributed by atoms with E-state index < -0.39 is 0 Å². The maximum Gasteiger partial charge on any atom is 0.158 e. The number of hydrogen-bond acceptors (Lipinski definition) is 5. The van der Waals surface area contributed by atoms with E-state index in [4.69, 9.17) is 16.3 Å². The second kappa shape index (κ2) is 7.76. The summed E-state index contributed by atoms with van der Waals surface area (Å²) in [6, 6.07) is 2.21. The van der Waals surface area contributed by atoms with Crippen LogP contribution >= 0.6 is 11.6 Å². The predicted molar refractivity (Wildman–Crippen MR) is 79.1 cm³/mol. The third-order valence-corrected chi connectivity index (χ3v) is 3.76. The van der Waals surface area contributed by atoms with E-state index in [1.165, 1.54) is 12.8 Å². The highest BCUT2D eigenvalue weighted by atomic mass is 35.5. The number of nitrogens with zero attached hydrogens (tertiary/aromatic N) is 3. The molecule has 0 bridgehead atoms. The molecule has 1 fully saturated rings. The van der Waals surface area contributed by atoms with Gasteiger partial charge < -0.3 is 14.7 Å². The predicted octanol–water partition coefficient (Wildman–Crippen LogP) is 2.41. The third-order valence-electron chi connectivity index (χ3n) is 3.56.